The summed E-state index contributed by atoms with van der Waals surface area (Å²) >= 11 is 0. The minimum absolute atomic E-state index is 0.0243. The third-order valence-electron chi connectivity index (χ3n) is 6.68. The maximum atomic E-state index is 12.7. The predicted octanol–water partition coefficient (Wildman–Crippen LogP) is 4.66. The quantitative estimate of drug-likeness (QED) is 0.658. The molecule has 5 nitrogen and oxygen atoms in total. The highest BCUT2D eigenvalue weighted by atomic mass is 16.5. The summed E-state index contributed by atoms with van der Waals surface area (Å²) in [5.41, 5.74) is 3.39. The molecule has 2 aliphatic rings. The SMILES string of the molecule is CCN(CC)C(=O)c1ccc(C2=CC3(CCNCC3)Oc3c2ccc2ccccc32)cn1. The van der Waals surface area contributed by atoms with Crippen molar-refractivity contribution in [3.05, 3.63) is 77.6 Å². The maximum absolute atomic E-state index is 12.7. The Morgan fingerprint density at radius 2 is 1.84 bits per heavy atom. The summed E-state index contributed by atoms with van der Waals surface area (Å²) in [6.45, 7) is 7.19. The first-order chi connectivity index (χ1) is 15.6. The van der Waals surface area contributed by atoms with Gasteiger partial charge >= 0.3 is 0 Å². The number of hydrogen-bond acceptors (Lipinski definition) is 4. The first-order valence-electron chi connectivity index (χ1n) is 11.5. The maximum Gasteiger partial charge on any atom is 0.272 e. The summed E-state index contributed by atoms with van der Waals surface area (Å²) in [5, 5.41) is 5.76. The largest absolute Gasteiger partial charge is 0.482 e. The van der Waals surface area contributed by atoms with E-state index in [9.17, 15) is 4.79 Å². The van der Waals surface area contributed by atoms with E-state index in [0.29, 0.717) is 18.8 Å². The van der Waals surface area contributed by atoms with Crippen molar-refractivity contribution in [1.29, 1.82) is 0 Å². The Balaban J connectivity index is 1.60. The Hall–Kier alpha value is -3.18. The van der Waals surface area contributed by atoms with Gasteiger partial charge in [0.05, 0.1) is 0 Å². The zero-order chi connectivity index (χ0) is 22.1. The first kappa shape index (κ1) is 20.7. The number of rotatable bonds is 4. The van der Waals surface area contributed by atoms with Crippen LogP contribution in [0.2, 0.25) is 0 Å². The molecule has 3 heterocycles. The van der Waals surface area contributed by atoms with Crippen molar-refractivity contribution >= 4 is 22.3 Å². The lowest BCUT2D eigenvalue weighted by Crippen LogP contribution is -2.46. The molecule has 0 atom stereocenters. The number of piperidine rings is 1. The number of ether oxygens (including phenoxy) is 1. The van der Waals surface area contributed by atoms with Crippen LogP contribution in [0.5, 0.6) is 5.75 Å². The summed E-state index contributed by atoms with van der Waals surface area (Å²) in [7, 11) is 0. The van der Waals surface area contributed by atoms with Crippen LogP contribution in [0.4, 0.5) is 0 Å². The number of pyridine rings is 1. The lowest BCUT2D eigenvalue weighted by Gasteiger charge is -2.40. The van der Waals surface area contributed by atoms with Crippen LogP contribution < -0.4 is 10.1 Å². The van der Waals surface area contributed by atoms with Crippen molar-refractivity contribution in [3.8, 4) is 5.75 Å². The van der Waals surface area contributed by atoms with Gasteiger partial charge in [-0.05, 0) is 56.1 Å². The molecule has 1 aromatic heterocycles. The van der Waals surface area contributed by atoms with Gasteiger partial charge in [0.25, 0.3) is 5.91 Å². The average Bonchev–Trinajstić information content (AvgIpc) is 2.85. The molecule has 0 unspecified atom stereocenters. The summed E-state index contributed by atoms with van der Waals surface area (Å²) in [4.78, 5) is 19.1. The van der Waals surface area contributed by atoms with Crippen molar-refractivity contribution in [2.24, 2.45) is 0 Å². The lowest BCUT2D eigenvalue weighted by atomic mass is 9.83. The summed E-state index contributed by atoms with van der Waals surface area (Å²) in [6, 6.07) is 16.6. The molecule has 0 aliphatic carbocycles. The van der Waals surface area contributed by atoms with Crippen molar-refractivity contribution < 1.29 is 9.53 Å². The molecule has 3 aromatic rings. The molecule has 0 saturated carbocycles. The van der Waals surface area contributed by atoms with Crippen LogP contribution >= 0.6 is 0 Å². The van der Waals surface area contributed by atoms with Crippen LogP contribution in [-0.2, 0) is 0 Å². The second-order valence-corrected chi connectivity index (χ2v) is 8.55. The third kappa shape index (κ3) is 3.56. The van der Waals surface area contributed by atoms with E-state index in [1.807, 2.05) is 32.2 Å². The number of fused-ring (bicyclic) bond motifs is 3. The molecule has 1 fully saturated rings. The number of nitrogens with one attached hydrogen (secondary N) is 1. The fourth-order valence-electron chi connectivity index (χ4n) is 4.83. The van der Waals surface area contributed by atoms with Gasteiger partial charge in [-0.3, -0.25) is 9.78 Å². The van der Waals surface area contributed by atoms with Gasteiger partial charge in [-0.2, -0.15) is 0 Å². The van der Waals surface area contributed by atoms with Crippen LogP contribution in [0.15, 0.2) is 60.8 Å². The number of aromatic nitrogens is 1. The second kappa shape index (κ2) is 8.40. The molecule has 2 aliphatic heterocycles. The van der Waals surface area contributed by atoms with E-state index in [2.05, 4.69) is 52.8 Å². The minimum Gasteiger partial charge on any atom is -0.482 e. The van der Waals surface area contributed by atoms with Gasteiger partial charge in [0.1, 0.15) is 17.0 Å². The highest BCUT2D eigenvalue weighted by Crippen LogP contribution is 2.45. The standard InChI is InChI=1S/C27H29N3O2/c1-3-30(4-2)26(31)24-12-10-20(18-29-24)23-17-27(13-15-28-16-14-27)32-25-21-8-6-5-7-19(21)9-11-22(23)25/h5-12,17-18,28H,3-4,13-16H2,1-2H3. The molecule has 1 saturated heterocycles. The molecular weight excluding hydrogens is 398 g/mol. The molecular formula is C27H29N3O2. The van der Waals surface area contributed by atoms with Crippen LogP contribution in [0, 0.1) is 0 Å². The van der Waals surface area contributed by atoms with Crippen LogP contribution in [0.1, 0.15) is 48.3 Å². The minimum atomic E-state index is -0.326. The summed E-state index contributed by atoms with van der Waals surface area (Å²) < 4.78 is 6.75. The first-order valence-corrected chi connectivity index (χ1v) is 11.5. The fraction of sp³-hybridized carbons (Fsp3) is 0.333. The molecule has 0 bridgehead atoms. The Bertz CT molecular complexity index is 1170. The number of nitrogens with zero attached hydrogens (tertiary/aromatic N) is 2. The van der Waals surface area contributed by atoms with Crippen LogP contribution in [0.25, 0.3) is 16.3 Å². The zero-order valence-electron chi connectivity index (χ0n) is 18.7. The zero-order valence-corrected chi connectivity index (χ0v) is 18.7. The summed E-state index contributed by atoms with van der Waals surface area (Å²) in [5.74, 6) is 0.925. The highest BCUT2D eigenvalue weighted by molar-refractivity contribution is 5.98. The second-order valence-electron chi connectivity index (χ2n) is 8.55. The molecule has 5 rings (SSSR count). The average molecular weight is 428 g/mol. The van der Waals surface area contributed by atoms with Gasteiger partial charge in [0.2, 0.25) is 0 Å². The molecule has 32 heavy (non-hydrogen) atoms. The van der Waals surface area contributed by atoms with E-state index < -0.39 is 0 Å². The molecule has 1 amide bonds. The van der Waals surface area contributed by atoms with E-state index in [1.54, 1.807) is 4.90 Å². The van der Waals surface area contributed by atoms with Crippen molar-refractivity contribution in [2.75, 3.05) is 26.2 Å². The molecule has 1 spiro atoms. The Morgan fingerprint density at radius 3 is 2.56 bits per heavy atom. The Labute approximate surface area is 189 Å². The van der Waals surface area contributed by atoms with E-state index >= 15 is 0 Å². The van der Waals surface area contributed by atoms with Gasteiger partial charge in [-0.15, -0.1) is 0 Å². The molecule has 5 heteroatoms. The van der Waals surface area contributed by atoms with Crippen molar-refractivity contribution in [3.63, 3.8) is 0 Å². The van der Waals surface area contributed by atoms with Gasteiger partial charge in [0.15, 0.2) is 0 Å². The van der Waals surface area contributed by atoms with Crippen LogP contribution in [0.3, 0.4) is 0 Å². The van der Waals surface area contributed by atoms with Gasteiger partial charge in [-0.1, -0.05) is 36.4 Å². The monoisotopic (exact) mass is 427 g/mol. The molecule has 2 aromatic carbocycles. The topological polar surface area (TPSA) is 54.5 Å². The van der Waals surface area contributed by atoms with Crippen molar-refractivity contribution in [1.82, 2.24) is 15.2 Å². The number of carbonyl (C=O) groups is 1. The van der Waals surface area contributed by atoms with E-state index in [-0.39, 0.29) is 11.5 Å². The van der Waals surface area contributed by atoms with E-state index in [1.165, 1.54) is 5.39 Å². The number of hydrogen-bond donors (Lipinski definition) is 1. The number of benzene rings is 2. The van der Waals surface area contributed by atoms with Crippen LogP contribution in [-0.4, -0.2) is 47.6 Å². The van der Waals surface area contributed by atoms with Gasteiger partial charge in [-0.25, -0.2) is 0 Å². The third-order valence-corrected chi connectivity index (χ3v) is 6.68. The normalized spacial score (nSPS) is 16.9. The smallest absolute Gasteiger partial charge is 0.272 e. The molecule has 1 N–H and O–H groups in total. The molecule has 164 valence electrons. The lowest BCUT2D eigenvalue weighted by molar-refractivity contribution is 0.0766. The van der Waals surface area contributed by atoms with Gasteiger partial charge < -0.3 is 15.0 Å². The Kier molecular flexibility index (Phi) is 5.43. The highest BCUT2D eigenvalue weighted by Gasteiger charge is 2.37. The van der Waals surface area contributed by atoms with E-state index in [0.717, 1.165) is 53.8 Å². The number of amides is 1. The molecule has 0 radical (unpaired) electrons. The number of carbonyl (C=O) groups excluding carboxylic acids is 1. The fourth-order valence-corrected chi connectivity index (χ4v) is 4.83. The predicted molar refractivity (Wildman–Crippen MR) is 128 cm³/mol. The van der Waals surface area contributed by atoms with E-state index in [4.69, 9.17) is 4.74 Å². The van der Waals surface area contributed by atoms with Crippen molar-refractivity contribution in [2.45, 2.75) is 32.3 Å². The Morgan fingerprint density at radius 1 is 1.06 bits per heavy atom. The summed E-state index contributed by atoms with van der Waals surface area (Å²) in [6.07, 6.45) is 5.96. The van der Waals surface area contributed by atoms with Gasteiger partial charge in [0, 0.05) is 48.6 Å².